The minimum absolute atomic E-state index is 0. The van der Waals surface area contributed by atoms with E-state index in [-0.39, 0.29) is 46.3 Å². The average Bonchev–Trinajstić information content (AvgIpc) is 1.87. The van der Waals surface area contributed by atoms with E-state index in [2.05, 4.69) is 4.18 Å². The van der Waals surface area contributed by atoms with Gasteiger partial charge in [-0.2, -0.15) is 8.42 Å². The molecule has 12 heavy (non-hydrogen) atoms. The summed E-state index contributed by atoms with van der Waals surface area (Å²) in [5.74, 6) is -1.05. The third kappa shape index (κ3) is 7.09. The molecule has 0 spiro atoms. The van der Waals surface area contributed by atoms with Crippen LogP contribution >= 0.6 is 0 Å². The van der Waals surface area contributed by atoms with Gasteiger partial charge < -0.3 is 7.04 Å². The quantitative estimate of drug-likeness (QED) is 0.390. The summed E-state index contributed by atoms with van der Waals surface area (Å²) < 4.78 is 25.3. The van der Waals surface area contributed by atoms with Crippen LogP contribution in [0.25, 0.3) is 0 Å². The molecule has 0 saturated heterocycles. The van der Waals surface area contributed by atoms with E-state index in [0.717, 1.165) is 6.08 Å². The third-order valence-corrected chi connectivity index (χ3v) is 1.99. The number of hydrogen-bond acceptors (Lipinski definition) is 4. The zero-order chi connectivity index (χ0) is 8.91. The molecule has 0 bridgehead atoms. The van der Waals surface area contributed by atoms with Crippen molar-refractivity contribution < 1.29 is 20.2 Å². The smallest absolute Gasteiger partial charge is 1.00 e. The molecule has 6 heteroatoms. The van der Waals surface area contributed by atoms with Crippen LogP contribution in [0.15, 0.2) is 12.2 Å². The number of carbonyl (C=O) groups is 1. The fourth-order valence-electron chi connectivity index (χ4n) is 0.348. The Bertz CT molecular complexity index is 263. The number of rotatable bonds is 3. The Balaban J connectivity index is -0.000000167. The molecule has 0 saturated carbocycles. The van der Waals surface area contributed by atoms with Gasteiger partial charge in [-0.25, -0.2) is 4.79 Å². The fourth-order valence-corrected chi connectivity index (χ4v) is 0.772. The summed E-state index contributed by atoms with van der Waals surface area (Å²) in [5.41, 5.74) is 0. The first kappa shape index (κ1) is 14.9. The second-order valence-electron chi connectivity index (χ2n) is 1.75. The molecule has 0 rings (SSSR count). The first-order chi connectivity index (χ1) is 5.02. The van der Waals surface area contributed by atoms with Gasteiger partial charge in [0.15, 0.2) is 0 Å². The van der Waals surface area contributed by atoms with Crippen molar-refractivity contribution in [1.29, 1.82) is 0 Å². The van der Waals surface area contributed by atoms with Crippen LogP contribution in [-0.2, 0) is 19.1 Å². The van der Waals surface area contributed by atoms with Crippen molar-refractivity contribution in [1.82, 2.24) is 0 Å². The molecule has 4 nitrogen and oxygen atoms in total. The van der Waals surface area contributed by atoms with Crippen molar-refractivity contribution in [3.05, 3.63) is 12.2 Å². The van der Waals surface area contributed by atoms with Crippen molar-refractivity contribution in [2.75, 3.05) is 5.75 Å². The van der Waals surface area contributed by atoms with Gasteiger partial charge in [-0.3, -0.25) is 0 Å². The molecule has 0 atom stereocenters. The SMILES string of the molecule is CC=CC(=O)OS(=O)(=O)CC.[Ca+2].[H-].[H-]. The van der Waals surface area contributed by atoms with E-state index in [4.69, 9.17) is 0 Å². The van der Waals surface area contributed by atoms with Crippen LogP contribution in [0.2, 0.25) is 0 Å². The Morgan fingerprint density at radius 3 is 2.42 bits per heavy atom. The number of carbonyl (C=O) groups excluding carboxylic acids is 1. The van der Waals surface area contributed by atoms with Crippen LogP contribution in [-0.4, -0.2) is 57.9 Å². The molecule has 0 fully saturated rings. The Hall–Kier alpha value is 0.420. The van der Waals surface area contributed by atoms with Gasteiger partial charge >= 0.3 is 53.8 Å². The Morgan fingerprint density at radius 2 is 2.08 bits per heavy atom. The van der Waals surface area contributed by atoms with Crippen molar-refractivity contribution in [3.63, 3.8) is 0 Å². The van der Waals surface area contributed by atoms with Gasteiger partial charge in [-0.1, -0.05) is 6.08 Å². The molecular weight excluding hydrogens is 208 g/mol. The van der Waals surface area contributed by atoms with Gasteiger partial charge in [-0.05, 0) is 13.8 Å². The molecule has 0 N–H and O–H groups in total. The van der Waals surface area contributed by atoms with Crippen molar-refractivity contribution >= 4 is 53.8 Å². The maximum atomic E-state index is 10.6. The summed E-state index contributed by atoms with van der Waals surface area (Å²) in [7, 11) is -3.64. The fraction of sp³-hybridized carbons (Fsp3) is 0.500. The molecule has 0 aromatic heterocycles. The van der Waals surface area contributed by atoms with Gasteiger partial charge in [0.1, 0.15) is 0 Å². The third-order valence-electron chi connectivity index (χ3n) is 0.865. The summed E-state index contributed by atoms with van der Waals surface area (Å²) in [5, 5.41) is 0. The minimum Gasteiger partial charge on any atom is -1.00 e. The second kappa shape index (κ2) is 6.88. The molecule has 0 aromatic rings. The molecule has 0 aliphatic carbocycles. The average molecular weight is 220 g/mol. The van der Waals surface area contributed by atoms with E-state index in [9.17, 15) is 13.2 Å². The van der Waals surface area contributed by atoms with E-state index in [1.54, 1.807) is 6.92 Å². The molecule has 0 aliphatic heterocycles. The van der Waals surface area contributed by atoms with Crippen LogP contribution < -0.4 is 0 Å². The summed E-state index contributed by atoms with van der Waals surface area (Å²) in [4.78, 5) is 10.5. The molecule has 0 unspecified atom stereocenters. The largest absolute Gasteiger partial charge is 2.00 e. The maximum absolute atomic E-state index is 10.6. The Labute approximate surface area is 105 Å². The van der Waals surface area contributed by atoms with Crippen LogP contribution in [0, 0.1) is 0 Å². The number of hydrogen-bond donors (Lipinski definition) is 0. The van der Waals surface area contributed by atoms with Gasteiger partial charge in [0.2, 0.25) is 0 Å². The molecule has 0 aliphatic rings. The van der Waals surface area contributed by atoms with E-state index in [1.807, 2.05) is 0 Å². The minimum atomic E-state index is -3.64. The van der Waals surface area contributed by atoms with Crippen molar-refractivity contribution in [3.8, 4) is 0 Å². The van der Waals surface area contributed by atoms with Crippen molar-refractivity contribution in [2.24, 2.45) is 0 Å². The normalized spacial score (nSPS) is 10.8. The van der Waals surface area contributed by atoms with Crippen LogP contribution in [0.1, 0.15) is 16.7 Å². The van der Waals surface area contributed by atoms with E-state index in [0.29, 0.717) is 0 Å². The predicted molar refractivity (Wildman–Crippen MR) is 48.3 cm³/mol. The van der Waals surface area contributed by atoms with Crippen LogP contribution in [0.4, 0.5) is 0 Å². The monoisotopic (exact) mass is 220 g/mol. The summed E-state index contributed by atoms with van der Waals surface area (Å²) in [6.45, 7) is 3.00. The van der Waals surface area contributed by atoms with E-state index in [1.165, 1.54) is 13.0 Å². The van der Waals surface area contributed by atoms with Gasteiger partial charge in [0.05, 0.1) is 5.75 Å². The van der Waals surface area contributed by atoms with Gasteiger partial charge in [0.25, 0.3) is 0 Å². The molecule has 0 aromatic carbocycles. The first-order valence-corrected chi connectivity index (χ1v) is 4.68. The topological polar surface area (TPSA) is 60.4 Å². The predicted octanol–water partition coefficient (Wildman–Crippen LogP) is 0.300. The van der Waals surface area contributed by atoms with E-state index < -0.39 is 16.1 Å². The summed E-state index contributed by atoms with van der Waals surface area (Å²) >= 11 is 0. The molecule has 0 heterocycles. The summed E-state index contributed by atoms with van der Waals surface area (Å²) in [6, 6.07) is 0. The maximum Gasteiger partial charge on any atom is 2.00 e. The molecule has 68 valence electrons. The van der Waals surface area contributed by atoms with Crippen molar-refractivity contribution in [2.45, 2.75) is 13.8 Å². The first-order valence-electron chi connectivity index (χ1n) is 3.10. The van der Waals surface area contributed by atoms with E-state index >= 15 is 0 Å². The molecular formula is C6H12CaO4S. The number of allylic oxidation sites excluding steroid dienone is 1. The zero-order valence-electron chi connectivity index (χ0n) is 9.11. The Morgan fingerprint density at radius 1 is 1.58 bits per heavy atom. The summed E-state index contributed by atoms with van der Waals surface area (Å²) in [6.07, 6.45) is 2.46. The molecule has 0 amide bonds. The van der Waals surface area contributed by atoms with Gasteiger partial charge in [0, 0.05) is 6.08 Å². The standard InChI is InChI=1S/C6H10O4S.Ca.2H/c1-3-5-6(7)10-11(8,9)4-2;;;/h3,5H,4H2,1-2H3;;;/q;+2;2*-1. The molecule has 0 radical (unpaired) electrons. The Kier molecular flexibility index (Phi) is 8.56. The second-order valence-corrected chi connectivity index (χ2v) is 3.61. The zero-order valence-corrected chi connectivity index (χ0v) is 10.1. The van der Waals surface area contributed by atoms with Crippen LogP contribution in [0.3, 0.4) is 0 Å². The van der Waals surface area contributed by atoms with Gasteiger partial charge in [-0.15, -0.1) is 0 Å². The van der Waals surface area contributed by atoms with Crippen LogP contribution in [0.5, 0.6) is 0 Å².